The van der Waals surface area contributed by atoms with Crippen molar-refractivity contribution in [1.82, 2.24) is 0 Å². The van der Waals surface area contributed by atoms with Crippen molar-refractivity contribution in [3.05, 3.63) is 20.6 Å². The molecule has 0 saturated carbocycles. The van der Waals surface area contributed by atoms with Crippen LogP contribution in [0.2, 0.25) is 15.1 Å². The lowest BCUT2D eigenvalue weighted by atomic mass is 10.1. The van der Waals surface area contributed by atoms with Crippen molar-refractivity contribution in [2.75, 3.05) is 0 Å². The molecule has 2 rings (SSSR count). The molecule has 0 amide bonds. The summed E-state index contributed by atoms with van der Waals surface area (Å²) in [4.78, 5) is 11.0. The fourth-order valence-electron chi connectivity index (χ4n) is 1.23. The summed E-state index contributed by atoms with van der Waals surface area (Å²) in [6, 6.07) is 0. The molecule has 0 unspecified atom stereocenters. The maximum Gasteiger partial charge on any atom is 0.315 e. The highest BCUT2D eigenvalue weighted by atomic mass is 35.5. The van der Waals surface area contributed by atoms with E-state index in [9.17, 15) is 9.90 Å². The number of benzene rings is 1. The van der Waals surface area contributed by atoms with Crippen LogP contribution in [0.15, 0.2) is 0 Å². The summed E-state index contributed by atoms with van der Waals surface area (Å²) in [6.07, 6.45) is -0.00137. The number of fused-ring (bicyclic) bond motifs is 1. The van der Waals surface area contributed by atoms with Gasteiger partial charge in [0.25, 0.3) is 0 Å². The average Bonchev–Trinajstić information content (AvgIpc) is 2.54. The van der Waals surface area contributed by atoms with E-state index in [2.05, 4.69) is 0 Å². The van der Waals surface area contributed by atoms with Gasteiger partial charge in [0.15, 0.2) is 11.5 Å². The van der Waals surface area contributed by atoms with Crippen molar-refractivity contribution in [1.29, 1.82) is 0 Å². The molecule has 1 aliphatic heterocycles. The first-order valence-corrected chi connectivity index (χ1v) is 4.74. The van der Waals surface area contributed by atoms with E-state index >= 15 is 0 Å². The van der Waals surface area contributed by atoms with Gasteiger partial charge in [0.1, 0.15) is 10.0 Å². The Morgan fingerprint density at radius 1 is 1.14 bits per heavy atom. The molecule has 0 radical (unpaired) electrons. The minimum atomic E-state index is -0.467. The molecule has 6 heteroatoms. The number of esters is 1. The van der Waals surface area contributed by atoms with Gasteiger partial charge in [-0.15, -0.1) is 0 Å². The minimum Gasteiger partial charge on any atom is -0.505 e. The minimum absolute atomic E-state index is 0.00137. The Hall–Kier alpha value is -0.640. The molecule has 1 aromatic rings. The number of hydrogen-bond acceptors (Lipinski definition) is 3. The molecule has 0 atom stereocenters. The fourth-order valence-corrected chi connectivity index (χ4v) is 1.95. The second-order valence-electron chi connectivity index (χ2n) is 2.75. The average molecular weight is 253 g/mol. The van der Waals surface area contributed by atoms with Crippen LogP contribution in [0, 0.1) is 0 Å². The second-order valence-corrected chi connectivity index (χ2v) is 3.88. The number of halogens is 3. The predicted octanol–water partition coefficient (Wildman–Crippen LogP) is 2.81. The van der Waals surface area contributed by atoms with Crippen molar-refractivity contribution in [2.24, 2.45) is 0 Å². The SMILES string of the molecule is O=C1Cc2c(Cl)c(O)c(Cl)c(Cl)c2O1. The van der Waals surface area contributed by atoms with Gasteiger partial charge in [-0.3, -0.25) is 4.79 Å². The molecule has 1 aromatic carbocycles. The second kappa shape index (κ2) is 3.19. The van der Waals surface area contributed by atoms with E-state index in [0.29, 0.717) is 5.56 Å². The molecular formula is C8H3Cl3O3. The van der Waals surface area contributed by atoms with Crippen molar-refractivity contribution in [3.8, 4) is 11.5 Å². The molecule has 74 valence electrons. The van der Waals surface area contributed by atoms with Gasteiger partial charge >= 0.3 is 5.97 Å². The number of hydrogen-bond donors (Lipinski definition) is 1. The Balaban J connectivity index is 2.76. The number of phenols is 1. The summed E-state index contributed by atoms with van der Waals surface area (Å²) in [5.41, 5.74) is 0.378. The molecule has 0 fully saturated rings. The van der Waals surface area contributed by atoms with Crippen LogP contribution in [0.1, 0.15) is 5.56 Å². The maximum absolute atomic E-state index is 11.0. The topological polar surface area (TPSA) is 46.5 Å². The lowest BCUT2D eigenvalue weighted by molar-refractivity contribution is -0.131. The highest BCUT2D eigenvalue weighted by Crippen LogP contribution is 2.49. The summed E-state index contributed by atoms with van der Waals surface area (Å²) in [5.74, 6) is -0.648. The molecule has 14 heavy (non-hydrogen) atoms. The smallest absolute Gasteiger partial charge is 0.315 e. The van der Waals surface area contributed by atoms with Crippen LogP contribution in [0.25, 0.3) is 0 Å². The number of rotatable bonds is 0. The molecule has 3 nitrogen and oxygen atoms in total. The predicted molar refractivity (Wildman–Crippen MR) is 52.5 cm³/mol. The van der Waals surface area contributed by atoms with Crippen LogP contribution in [0.4, 0.5) is 0 Å². The number of aromatic hydroxyl groups is 1. The van der Waals surface area contributed by atoms with E-state index in [1.54, 1.807) is 0 Å². The van der Waals surface area contributed by atoms with Gasteiger partial charge in [0.2, 0.25) is 0 Å². The molecule has 0 spiro atoms. The van der Waals surface area contributed by atoms with E-state index in [1.165, 1.54) is 0 Å². The molecular weight excluding hydrogens is 250 g/mol. The van der Waals surface area contributed by atoms with Gasteiger partial charge in [-0.05, 0) is 0 Å². The Bertz CT molecular complexity index is 403. The van der Waals surface area contributed by atoms with Crippen LogP contribution in [-0.4, -0.2) is 11.1 Å². The standard InChI is InChI=1S/C8H3Cl3O3/c9-4-2-1-3(12)14-8(2)6(11)5(10)7(4)13/h13H,1H2. The monoisotopic (exact) mass is 252 g/mol. The van der Waals surface area contributed by atoms with Crippen LogP contribution in [-0.2, 0) is 11.2 Å². The maximum atomic E-state index is 11.0. The van der Waals surface area contributed by atoms with Gasteiger partial charge in [-0.1, -0.05) is 34.8 Å². The largest absolute Gasteiger partial charge is 0.505 e. The van der Waals surface area contributed by atoms with Gasteiger partial charge in [0, 0.05) is 5.56 Å². The highest BCUT2D eigenvalue weighted by Gasteiger charge is 2.30. The normalized spacial score (nSPS) is 14.1. The van der Waals surface area contributed by atoms with Crippen molar-refractivity contribution in [2.45, 2.75) is 6.42 Å². The highest BCUT2D eigenvalue weighted by molar-refractivity contribution is 6.46. The summed E-state index contributed by atoms with van der Waals surface area (Å²) in [6.45, 7) is 0. The fraction of sp³-hybridized carbons (Fsp3) is 0.125. The van der Waals surface area contributed by atoms with E-state index in [0.717, 1.165) is 0 Å². The third-order valence-electron chi connectivity index (χ3n) is 1.88. The van der Waals surface area contributed by atoms with Gasteiger partial charge < -0.3 is 9.84 Å². The molecule has 0 aliphatic carbocycles. The first-order chi connectivity index (χ1) is 6.52. The van der Waals surface area contributed by atoms with Crippen molar-refractivity contribution < 1.29 is 14.6 Å². The zero-order chi connectivity index (χ0) is 10.5. The number of carbonyl (C=O) groups is 1. The Labute approximate surface area is 94.1 Å². The zero-order valence-electron chi connectivity index (χ0n) is 6.60. The summed E-state index contributed by atoms with van der Waals surface area (Å²) in [7, 11) is 0. The number of ether oxygens (including phenoxy) is 1. The Morgan fingerprint density at radius 2 is 1.79 bits per heavy atom. The van der Waals surface area contributed by atoms with Crippen LogP contribution in [0.5, 0.6) is 11.5 Å². The Morgan fingerprint density at radius 3 is 2.43 bits per heavy atom. The summed E-state index contributed by atoms with van der Waals surface area (Å²) in [5, 5.41) is 9.34. The first kappa shape index (κ1) is 9.90. The third kappa shape index (κ3) is 1.24. The van der Waals surface area contributed by atoms with Crippen molar-refractivity contribution in [3.63, 3.8) is 0 Å². The first-order valence-electron chi connectivity index (χ1n) is 3.61. The molecule has 1 N–H and O–H groups in total. The third-order valence-corrected chi connectivity index (χ3v) is 3.12. The van der Waals surface area contributed by atoms with Gasteiger partial charge in [-0.25, -0.2) is 0 Å². The van der Waals surface area contributed by atoms with Gasteiger partial charge in [0.05, 0.1) is 11.4 Å². The van der Waals surface area contributed by atoms with Crippen LogP contribution < -0.4 is 4.74 Å². The molecule has 1 heterocycles. The van der Waals surface area contributed by atoms with Crippen LogP contribution >= 0.6 is 34.8 Å². The summed E-state index contributed by atoms with van der Waals surface area (Å²) < 4.78 is 4.80. The molecule has 1 aliphatic rings. The van der Waals surface area contributed by atoms with Crippen molar-refractivity contribution >= 4 is 40.8 Å². The zero-order valence-corrected chi connectivity index (χ0v) is 8.87. The quantitative estimate of drug-likeness (QED) is 0.439. The van der Waals surface area contributed by atoms with Gasteiger partial charge in [-0.2, -0.15) is 0 Å². The number of phenolic OH excluding ortho intramolecular Hbond substituents is 1. The van der Waals surface area contributed by atoms with E-state index in [1.807, 2.05) is 0 Å². The lowest BCUT2D eigenvalue weighted by Crippen LogP contribution is -2.00. The van der Waals surface area contributed by atoms with E-state index < -0.39 is 5.97 Å². The molecule has 0 bridgehead atoms. The van der Waals surface area contributed by atoms with E-state index in [-0.39, 0.29) is 33.0 Å². The lowest BCUT2D eigenvalue weighted by Gasteiger charge is -2.07. The Kier molecular flexibility index (Phi) is 2.26. The summed E-state index contributed by atoms with van der Waals surface area (Å²) >= 11 is 17.2. The van der Waals surface area contributed by atoms with Crippen LogP contribution in [0.3, 0.4) is 0 Å². The molecule has 0 aromatic heterocycles. The van der Waals surface area contributed by atoms with E-state index in [4.69, 9.17) is 39.5 Å². The molecule has 0 saturated heterocycles. The number of carbonyl (C=O) groups excluding carboxylic acids is 1.